The maximum absolute atomic E-state index is 4.06. The molecule has 1 unspecified atom stereocenters. The molecule has 3 nitrogen and oxygen atoms in total. The molecule has 1 aromatic rings. The number of hydrogen-bond acceptors (Lipinski definition) is 3. The van der Waals surface area contributed by atoms with Crippen molar-refractivity contribution in [2.24, 2.45) is 0 Å². The van der Waals surface area contributed by atoms with Gasteiger partial charge in [-0.1, -0.05) is 6.92 Å². The summed E-state index contributed by atoms with van der Waals surface area (Å²) >= 11 is 0. The minimum absolute atomic E-state index is 0.722. The average molecular weight is 219 g/mol. The van der Waals surface area contributed by atoms with Crippen molar-refractivity contribution in [1.82, 2.24) is 9.88 Å². The van der Waals surface area contributed by atoms with Crippen molar-refractivity contribution in [1.29, 1.82) is 0 Å². The number of piperazine rings is 1. The lowest BCUT2D eigenvalue weighted by molar-refractivity contribution is 0.193. The van der Waals surface area contributed by atoms with Crippen LogP contribution in [-0.4, -0.2) is 42.1 Å². The summed E-state index contributed by atoms with van der Waals surface area (Å²) in [6.07, 6.45) is 4.99. The summed E-state index contributed by atoms with van der Waals surface area (Å²) in [7, 11) is 0. The van der Waals surface area contributed by atoms with E-state index < -0.39 is 0 Å². The lowest BCUT2D eigenvalue weighted by Gasteiger charge is -2.38. The van der Waals surface area contributed by atoms with Crippen LogP contribution in [-0.2, 0) is 0 Å². The van der Waals surface area contributed by atoms with E-state index in [2.05, 4.69) is 40.8 Å². The monoisotopic (exact) mass is 219 g/mol. The Morgan fingerprint density at radius 1 is 1.19 bits per heavy atom. The van der Waals surface area contributed by atoms with Crippen LogP contribution in [0.5, 0.6) is 0 Å². The van der Waals surface area contributed by atoms with E-state index in [1.165, 1.54) is 25.2 Å². The lowest BCUT2D eigenvalue weighted by atomic mass is 10.2. The third kappa shape index (κ3) is 2.53. The molecule has 1 saturated heterocycles. The molecule has 1 aliphatic rings. The highest BCUT2D eigenvalue weighted by Crippen LogP contribution is 2.16. The quantitative estimate of drug-likeness (QED) is 0.775. The first-order valence-corrected chi connectivity index (χ1v) is 6.20. The Morgan fingerprint density at radius 2 is 1.81 bits per heavy atom. The molecule has 2 rings (SSSR count). The van der Waals surface area contributed by atoms with Gasteiger partial charge in [-0.3, -0.25) is 9.88 Å². The van der Waals surface area contributed by atoms with E-state index in [4.69, 9.17) is 0 Å². The van der Waals surface area contributed by atoms with E-state index in [0.717, 1.165) is 19.1 Å². The minimum Gasteiger partial charge on any atom is -0.369 e. The summed E-state index contributed by atoms with van der Waals surface area (Å²) in [5.41, 5.74) is 1.30. The zero-order chi connectivity index (χ0) is 11.4. The molecule has 0 aromatic carbocycles. The molecule has 88 valence electrons. The summed E-state index contributed by atoms with van der Waals surface area (Å²) in [5, 5.41) is 0. The maximum Gasteiger partial charge on any atom is 0.0397 e. The predicted octanol–water partition coefficient (Wildman–Crippen LogP) is 2.00. The van der Waals surface area contributed by atoms with Gasteiger partial charge >= 0.3 is 0 Å². The molecule has 1 fully saturated rings. The summed E-state index contributed by atoms with van der Waals surface area (Å²) in [6, 6.07) is 4.91. The molecule has 1 atom stereocenters. The molecular formula is C13H21N3. The number of pyridine rings is 1. The van der Waals surface area contributed by atoms with Gasteiger partial charge < -0.3 is 4.90 Å². The van der Waals surface area contributed by atoms with E-state index in [1.54, 1.807) is 0 Å². The smallest absolute Gasteiger partial charge is 0.0397 e. The molecule has 0 aliphatic carbocycles. The van der Waals surface area contributed by atoms with E-state index in [0.29, 0.717) is 0 Å². The molecule has 2 heterocycles. The largest absolute Gasteiger partial charge is 0.369 e. The van der Waals surface area contributed by atoms with Crippen molar-refractivity contribution >= 4 is 5.69 Å². The van der Waals surface area contributed by atoms with Crippen molar-refractivity contribution in [2.75, 3.05) is 31.1 Å². The number of hydrogen-bond donors (Lipinski definition) is 0. The summed E-state index contributed by atoms with van der Waals surface area (Å²) in [4.78, 5) is 9.09. The molecule has 0 saturated carbocycles. The Balaban J connectivity index is 1.91. The van der Waals surface area contributed by atoms with Crippen LogP contribution >= 0.6 is 0 Å². The Labute approximate surface area is 98.1 Å². The molecule has 1 aromatic heterocycles. The van der Waals surface area contributed by atoms with Gasteiger partial charge in [-0.2, -0.15) is 0 Å². The van der Waals surface area contributed by atoms with Crippen molar-refractivity contribution < 1.29 is 0 Å². The number of aromatic nitrogens is 1. The van der Waals surface area contributed by atoms with Crippen LogP contribution in [0.15, 0.2) is 24.5 Å². The zero-order valence-electron chi connectivity index (χ0n) is 10.3. The minimum atomic E-state index is 0.722. The van der Waals surface area contributed by atoms with Crippen LogP contribution in [0.4, 0.5) is 5.69 Å². The van der Waals surface area contributed by atoms with E-state index in [9.17, 15) is 0 Å². The second-order valence-electron chi connectivity index (χ2n) is 4.49. The summed E-state index contributed by atoms with van der Waals surface area (Å²) in [5.74, 6) is 0. The number of nitrogens with zero attached hydrogens (tertiary/aromatic N) is 3. The van der Waals surface area contributed by atoms with E-state index >= 15 is 0 Å². The van der Waals surface area contributed by atoms with Crippen molar-refractivity contribution in [3.05, 3.63) is 24.5 Å². The highest BCUT2D eigenvalue weighted by Gasteiger charge is 2.19. The van der Waals surface area contributed by atoms with Gasteiger partial charge in [-0.05, 0) is 25.5 Å². The molecular weight excluding hydrogens is 198 g/mol. The molecule has 0 bridgehead atoms. The normalized spacial score (nSPS) is 19.8. The first-order chi connectivity index (χ1) is 7.81. The molecule has 16 heavy (non-hydrogen) atoms. The molecule has 0 N–H and O–H groups in total. The summed E-state index contributed by atoms with van der Waals surface area (Å²) < 4.78 is 0. The molecule has 0 spiro atoms. The van der Waals surface area contributed by atoms with Crippen LogP contribution in [0.3, 0.4) is 0 Å². The van der Waals surface area contributed by atoms with E-state index in [-0.39, 0.29) is 0 Å². The van der Waals surface area contributed by atoms with Gasteiger partial charge in [0.1, 0.15) is 0 Å². The molecule has 0 amide bonds. The molecule has 0 radical (unpaired) electrons. The van der Waals surface area contributed by atoms with Gasteiger partial charge in [0.15, 0.2) is 0 Å². The van der Waals surface area contributed by atoms with Crippen molar-refractivity contribution in [3.8, 4) is 0 Å². The Bertz CT molecular complexity index is 304. The van der Waals surface area contributed by atoms with Gasteiger partial charge in [0.05, 0.1) is 0 Å². The lowest BCUT2D eigenvalue weighted by Crippen LogP contribution is -2.49. The maximum atomic E-state index is 4.06. The van der Waals surface area contributed by atoms with E-state index in [1.807, 2.05) is 12.4 Å². The Hall–Kier alpha value is -1.09. The van der Waals surface area contributed by atoms with Crippen LogP contribution < -0.4 is 4.90 Å². The highest BCUT2D eigenvalue weighted by molar-refractivity contribution is 5.44. The van der Waals surface area contributed by atoms with Crippen LogP contribution in [0.1, 0.15) is 20.3 Å². The predicted molar refractivity (Wildman–Crippen MR) is 67.8 cm³/mol. The fourth-order valence-corrected chi connectivity index (χ4v) is 2.23. The zero-order valence-corrected chi connectivity index (χ0v) is 10.3. The Kier molecular flexibility index (Phi) is 3.78. The fraction of sp³-hybridized carbons (Fsp3) is 0.615. The third-order valence-electron chi connectivity index (χ3n) is 3.56. The Morgan fingerprint density at radius 3 is 2.38 bits per heavy atom. The average Bonchev–Trinajstić information content (AvgIpc) is 2.39. The van der Waals surface area contributed by atoms with Gasteiger partial charge in [0.25, 0.3) is 0 Å². The van der Waals surface area contributed by atoms with Gasteiger partial charge in [0, 0.05) is 50.3 Å². The second-order valence-corrected chi connectivity index (χ2v) is 4.49. The fourth-order valence-electron chi connectivity index (χ4n) is 2.23. The highest BCUT2D eigenvalue weighted by atomic mass is 15.3. The first kappa shape index (κ1) is 11.4. The van der Waals surface area contributed by atoms with Crippen LogP contribution in [0.25, 0.3) is 0 Å². The van der Waals surface area contributed by atoms with Gasteiger partial charge in [-0.25, -0.2) is 0 Å². The number of anilines is 1. The van der Waals surface area contributed by atoms with Crippen molar-refractivity contribution in [3.63, 3.8) is 0 Å². The van der Waals surface area contributed by atoms with Crippen LogP contribution in [0, 0.1) is 0 Å². The first-order valence-electron chi connectivity index (χ1n) is 6.20. The topological polar surface area (TPSA) is 19.4 Å². The van der Waals surface area contributed by atoms with Gasteiger partial charge in [0.2, 0.25) is 0 Å². The summed E-state index contributed by atoms with van der Waals surface area (Å²) in [6.45, 7) is 9.21. The molecule has 1 aliphatic heterocycles. The van der Waals surface area contributed by atoms with Crippen molar-refractivity contribution in [2.45, 2.75) is 26.3 Å². The number of rotatable bonds is 3. The van der Waals surface area contributed by atoms with Crippen LogP contribution in [0.2, 0.25) is 0 Å². The third-order valence-corrected chi connectivity index (χ3v) is 3.56. The SMILES string of the molecule is CCC(C)N1CCN(c2ccncc2)CC1. The molecule has 3 heteroatoms. The second kappa shape index (κ2) is 5.30. The van der Waals surface area contributed by atoms with Gasteiger partial charge in [-0.15, -0.1) is 0 Å². The standard InChI is InChI=1S/C13H21N3/c1-3-12(2)15-8-10-16(11-9-15)13-4-6-14-7-5-13/h4-7,12H,3,8-11H2,1-2H3.